The first-order chi connectivity index (χ1) is 10.3. The molecule has 0 fully saturated rings. The lowest BCUT2D eigenvalue weighted by Gasteiger charge is -2.09. The van der Waals surface area contributed by atoms with Crippen LogP contribution in [0.25, 0.3) is 0 Å². The standard InChI is InChI=1S/C15H15F3N2O2/c1-3-22-14(21)13-7-10(2)20(19-13)9-11-5-4-6-12(8-11)15(16,17)18/h4-8H,3,9H2,1-2H3. The topological polar surface area (TPSA) is 44.1 Å². The lowest BCUT2D eigenvalue weighted by molar-refractivity contribution is -0.137. The highest BCUT2D eigenvalue weighted by Crippen LogP contribution is 2.29. The second-order valence-corrected chi connectivity index (χ2v) is 4.75. The van der Waals surface area contributed by atoms with Crippen LogP contribution in [0.15, 0.2) is 30.3 Å². The molecule has 0 bridgehead atoms. The first-order valence-corrected chi connectivity index (χ1v) is 6.69. The van der Waals surface area contributed by atoms with Crippen molar-refractivity contribution in [2.45, 2.75) is 26.6 Å². The summed E-state index contributed by atoms with van der Waals surface area (Å²) in [4.78, 5) is 11.6. The van der Waals surface area contributed by atoms with Crippen LogP contribution in [0, 0.1) is 6.92 Å². The van der Waals surface area contributed by atoms with Crippen LogP contribution >= 0.6 is 0 Å². The molecule has 0 spiro atoms. The Labute approximate surface area is 125 Å². The van der Waals surface area contributed by atoms with Crippen molar-refractivity contribution in [2.24, 2.45) is 0 Å². The smallest absolute Gasteiger partial charge is 0.416 e. The summed E-state index contributed by atoms with van der Waals surface area (Å²) in [6.45, 7) is 3.79. The number of halogens is 3. The zero-order valence-electron chi connectivity index (χ0n) is 12.1. The average Bonchev–Trinajstić information content (AvgIpc) is 2.80. The molecule has 0 saturated heterocycles. The van der Waals surface area contributed by atoms with E-state index in [1.807, 2.05) is 0 Å². The maximum atomic E-state index is 12.7. The van der Waals surface area contributed by atoms with Crippen LogP contribution in [0.3, 0.4) is 0 Å². The maximum absolute atomic E-state index is 12.7. The number of carbonyl (C=O) groups excluding carboxylic acids is 1. The molecular formula is C15H15F3N2O2. The van der Waals surface area contributed by atoms with Gasteiger partial charge in [-0.1, -0.05) is 12.1 Å². The van der Waals surface area contributed by atoms with Crippen molar-refractivity contribution in [1.82, 2.24) is 9.78 Å². The summed E-state index contributed by atoms with van der Waals surface area (Å²) in [5, 5.41) is 4.08. The van der Waals surface area contributed by atoms with Crippen LogP contribution in [0.2, 0.25) is 0 Å². The van der Waals surface area contributed by atoms with Crippen molar-refractivity contribution in [3.8, 4) is 0 Å². The van der Waals surface area contributed by atoms with Crippen LogP contribution < -0.4 is 0 Å². The van der Waals surface area contributed by atoms with Gasteiger partial charge in [0.2, 0.25) is 0 Å². The van der Waals surface area contributed by atoms with E-state index in [1.54, 1.807) is 26.0 Å². The molecule has 0 atom stereocenters. The van der Waals surface area contributed by atoms with Crippen molar-refractivity contribution < 1.29 is 22.7 Å². The number of benzene rings is 1. The second kappa shape index (κ2) is 6.21. The fourth-order valence-corrected chi connectivity index (χ4v) is 1.99. The van der Waals surface area contributed by atoms with E-state index >= 15 is 0 Å². The van der Waals surface area contributed by atoms with Crippen LogP contribution in [0.4, 0.5) is 13.2 Å². The zero-order chi connectivity index (χ0) is 16.3. The highest BCUT2D eigenvalue weighted by atomic mass is 19.4. The number of esters is 1. The van der Waals surface area contributed by atoms with E-state index in [0.717, 1.165) is 12.1 Å². The average molecular weight is 312 g/mol. The van der Waals surface area contributed by atoms with Crippen LogP contribution in [0.1, 0.15) is 34.2 Å². The number of carbonyl (C=O) groups is 1. The molecule has 4 nitrogen and oxygen atoms in total. The summed E-state index contributed by atoms with van der Waals surface area (Å²) in [6, 6.07) is 6.57. The Balaban J connectivity index is 2.23. The number of aromatic nitrogens is 2. The Hall–Kier alpha value is -2.31. The number of alkyl halides is 3. The van der Waals surface area contributed by atoms with Gasteiger partial charge in [0.25, 0.3) is 0 Å². The fourth-order valence-electron chi connectivity index (χ4n) is 1.99. The van der Waals surface area contributed by atoms with Crippen LogP contribution in [-0.2, 0) is 17.5 Å². The Morgan fingerprint density at radius 3 is 2.68 bits per heavy atom. The normalized spacial score (nSPS) is 11.5. The lowest BCUT2D eigenvalue weighted by atomic mass is 10.1. The number of hydrogen-bond donors (Lipinski definition) is 0. The summed E-state index contributed by atoms with van der Waals surface area (Å²) in [5.74, 6) is -0.548. The Morgan fingerprint density at radius 2 is 2.05 bits per heavy atom. The molecule has 0 aliphatic rings. The molecule has 22 heavy (non-hydrogen) atoms. The van der Waals surface area contributed by atoms with Gasteiger partial charge in [0.05, 0.1) is 18.7 Å². The minimum absolute atomic E-state index is 0.145. The third-order valence-electron chi connectivity index (χ3n) is 3.05. The van der Waals surface area contributed by atoms with E-state index in [0.29, 0.717) is 11.3 Å². The van der Waals surface area contributed by atoms with Crippen molar-refractivity contribution in [3.63, 3.8) is 0 Å². The summed E-state index contributed by atoms with van der Waals surface area (Å²) < 4.78 is 44.4. The molecule has 0 amide bonds. The minimum Gasteiger partial charge on any atom is -0.461 e. The van der Waals surface area contributed by atoms with E-state index in [4.69, 9.17) is 4.74 Å². The number of hydrogen-bond acceptors (Lipinski definition) is 3. The highest BCUT2D eigenvalue weighted by molar-refractivity contribution is 5.87. The first-order valence-electron chi connectivity index (χ1n) is 6.69. The van der Waals surface area contributed by atoms with Gasteiger partial charge in [0, 0.05) is 5.69 Å². The van der Waals surface area contributed by atoms with Crippen molar-refractivity contribution in [1.29, 1.82) is 0 Å². The van der Waals surface area contributed by atoms with Gasteiger partial charge in [0.15, 0.2) is 5.69 Å². The molecule has 2 aromatic rings. The van der Waals surface area contributed by atoms with Gasteiger partial charge in [-0.2, -0.15) is 18.3 Å². The van der Waals surface area contributed by atoms with E-state index in [1.165, 1.54) is 10.7 Å². The molecule has 0 unspecified atom stereocenters. The Bertz CT molecular complexity index is 678. The van der Waals surface area contributed by atoms with Crippen LogP contribution in [0.5, 0.6) is 0 Å². The molecule has 0 aliphatic carbocycles. The molecule has 1 heterocycles. The van der Waals surface area contributed by atoms with Gasteiger partial charge >= 0.3 is 12.1 Å². The van der Waals surface area contributed by atoms with Gasteiger partial charge in [-0.25, -0.2) is 4.79 Å². The summed E-state index contributed by atoms with van der Waals surface area (Å²) in [5.41, 5.74) is 0.559. The monoisotopic (exact) mass is 312 g/mol. The molecule has 118 valence electrons. The fraction of sp³-hybridized carbons (Fsp3) is 0.333. The third kappa shape index (κ3) is 3.66. The molecule has 0 saturated carbocycles. The summed E-state index contributed by atoms with van der Waals surface area (Å²) in [7, 11) is 0. The number of aryl methyl sites for hydroxylation is 1. The third-order valence-corrected chi connectivity index (χ3v) is 3.05. The predicted octanol–water partition coefficient (Wildman–Crippen LogP) is 3.44. The summed E-state index contributed by atoms with van der Waals surface area (Å²) >= 11 is 0. The van der Waals surface area contributed by atoms with Gasteiger partial charge in [-0.15, -0.1) is 0 Å². The highest BCUT2D eigenvalue weighted by Gasteiger charge is 2.30. The number of ether oxygens (including phenoxy) is 1. The van der Waals surface area contributed by atoms with E-state index < -0.39 is 17.7 Å². The summed E-state index contributed by atoms with van der Waals surface area (Å²) in [6.07, 6.45) is -4.38. The van der Waals surface area contributed by atoms with Crippen LogP contribution in [-0.4, -0.2) is 22.4 Å². The van der Waals surface area contributed by atoms with E-state index in [-0.39, 0.29) is 18.8 Å². The largest absolute Gasteiger partial charge is 0.461 e. The number of rotatable bonds is 4. The van der Waals surface area contributed by atoms with Crippen molar-refractivity contribution in [3.05, 3.63) is 52.8 Å². The quantitative estimate of drug-likeness (QED) is 0.812. The molecule has 0 N–H and O–H groups in total. The molecule has 0 aliphatic heterocycles. The van der Waals surface area contributed by atoms with Gasteiger partial charge in [0.1, 0.15) is 0 Å². The van der Waals surface area contributed by atoms with Crippen molar-refractivity contribution >= 4 is 5.97 Å². The van der Waals surface area contributed by atoms with E-state index in [2.05, 4.69) is 5.10 Å². The van der Waals surface area contributed by atoms with E-state index in [9.17, 15) is 18.0 Å². The molecule has 7 heteroatoms. The Kier molecular flexibility index (Phi) is 4.54. The molecule has 1 aromatic heterocycles. The molecule has 1 aromatic carbocycles. The number of nitrogens with zero attached hydrogens (tertiary/aromatic N) is 2. The Morgan fingerprint density at radius 1 is 1.32 bits per heavy atom. The van der Waals surface area contributed by atoms with Gasteiger partial charge in [-0.3, -0.25) is 4.68 Å². The van der Waals surface area contributed by atoms with Gasteiger partial charge in [-0.05, 0) is 37.6 Å². The van der Waals surface area contributed by atoms with Crippen molar-refractivity contribution in [2.75, 3.05) is 6.61 Å². The molecule has 2 rings (SSSR count). The van der Waals surface area contributed by atoms with Gasteiger partial charge < -0.3 is 4.74 Å². The SMILES string of the molecule is CCOC(=O)c1cc(C)n(Cc2cccc(C(F)(F)F)c2)n1. The first kappa shape index (κ1) is 16.1. The minimum atomic E-state index is -4.38. The predicted molar refractivity (Wildman–Crippen MR) is 73.5 cm³/mol. The molecule has 0 radical (unpaired) electrons. The lowest BCUT2D eigenvalue weighted by Crippen LogP contribution is -2.10. The maximum Gasteiger partial charge on any atom is 0.416 e. The zero-order valence-corrected chi connectivity index (χ0v) is 12.1. The second-order valence-electron chi connectivity index (χ2n) is 4.75. The molecular weight excluding hydrogens is 297 g/mol.